The summed E-state index contributed by atoms with van der Waals surface area (Å²) in [6, 6.07) is 11.9. The number of aryl methyl sites for hydroxylation is 2. The van der Waals surface area contributed by atoms with Crippen LogP contribution in [-0.2, 0) is 20.1 Å². The molecule has 3 aromatic rings. The first-order valence-corrected chi connectivity index (χ1v) is 8.48. The van der Waals surface area contributed by atoms with Gasteiger partial charge in [-0.15, -0.1) is 0 Å². The van der Waals surface area contributed by atoms with Gasteiger partial charge in [0.2, 0.25) is 0 Å². The quantitative estimate of drug-likeness (QED) is 0.724. The zero-order chi connectivity index (χ0) is 17.3. The molecule has 0 aliphatic heterocycles. The summed E-state index contributed by atoms with van der Waals surface area (Å²) in [5, 5.41) is 0. The predicted octanol–water partition coefficient (Wildman–Crippen LogP) is 2.99. The molecule has 0 radical (unpaired) electrons. The molecule has 3 rings (SSSR count). The fraction of sp³-hybridized carbons (Fsp3) is 0.368. The summed E-state index contributed by atoms with van der Waals surface area (Å²) in [4.78, 5) is 25.6. The lowest BCUT2D eigenvalue weighted by Gasteiger charge is -2.11. The Kier molecular flexibility index (Phi) is 4.42. The summed E-state index contributed by atoms with van der Waals surface area (Å²) >= 11 is 0. The molecule has 2 aromatic heterocycles. The van der Waals surface area contributed by atoms with Gasteiger partial charge in [-0.25, -0.2) is 4.79 Å². The number of benzene rings is 1. The van der Waals surface area contributed by atoms with Crippen LogP contribution < -0.4 is 11.2 Å². The Morgan fingerprint density at radius 2 is 1.54 bits per heavy atom. The molecule has 0 aliphatic rings. The van der Waals surface area contributed by atoms with Crippen molar-refractivity contribution in [2.24, 2.45) is 7.05 Å². The van der Waals surface area contributed by atoms with E-state index in [4.69, 9.17) is 0 Å². The lowest BCUT2D eigenvalue weighted by atomic mass is 10.1. The molecule has 0 amide bonds. The second kappa shape index (κ2) is 6.51. The monoisotopic (exact) mass is 325 g/mol. The van der Waals surface area contributed by atoms with Gasteiger partial charge in [0.1, 0.15) is 5.52 Å². The minimum absolute atomic E-state index is 0.200. The van der Waals surface area contributed by atoms with Gasteiger partial charge in [-0.2, -0.15) is 0 Å². The van der Waals surface area contributed by atoms with E-state index in [1.807, 2.05) is 61.9 Å². The number of aromatic nitrogens is 3. The molecule has 0 unspecified atom stereocenters. The Bertz CT molecular complexity index is 978. The van der Waals surface area contributed by atoms with Crippen LogP contribution in [0.3, 0.4) is 0 Å². The van der Waals surface area contributed by atoms with Crippen molar-refractivity contribution in [2.75, 3.05) is 0 Å². The molecule has 5 nitrogen and oxygen atoms in total. The van der Waals surface area contributed by atoms with Crippen molar-refractivity contribution < 1.29 is 0 Å². The van der Waals surface area contributed by atoms with Gasteiger partial charge >= 0.3 is 5.69 Å². The standard InChI is InChI=1S/C19H23N3O2/c1-4-11-21-16-13-15(14-9-7-6-8-10-14)20(3)17(16)18(23)22(12-5-2)19(21)24/h6-10,13H,4-5,11-12H2,1-3H3. The molecule has 126 valence electrons. The summed E-state index contributed by atoms with van der Waals surface area (Å²) in [6.07, 6.45) is 1.59. The fourth-order valence-electron chi connectivity index (χ4n) is 3.26. The number of hydrogen-bond acceptors (Lipinski definition) is 2. The molecular weight excluding hydrogens is 302 g/mol. The summed E-state index contributed by atoms with van der Waals surface area (Å²) in [5.41, 5.74) is 2.89. The summed E-state index contributed by atoms with van der Waals surface area (Å²) in [5.74, 6) is 0. The highest BCUT2D eigenvalue weighted by atomic mass is 16.2. The highest BCUT2D eigenvalue weighted by Crippen LogP contribution is 2.24. The summed E-state index contributed by atoms with van der Waals surface area (Å²) in [7, 11) is 1.89. The van der Waals surface area contributed by atoms with Gasteiger partial charge in [-0.1, -0.05) is 44.2 Å². The first-order chi connectivity index (χ1) is 11.6. The van der Waals surface area contributed by atoms with Crippen molar-refractivity contribution in [2.45, 2.75) is 39.8 Å². The normalized spacial score (nSPS) is 11.3. The molecule has 5 heteroatoms. The average molecular weight is 325 g/mol. The van der Waals surface area contributed by atoms with E-state index in [1.165, 1.54) is 4.57 Å². The molecule has 0 atom stereocenters. The third-order valence-electron chi connectivity index (χ3n) is 4.38. The number of fused-ring (bicyclic) bond motifs is 1. The van der Waals surface area contributed by atoms with E-state index < -0.39 is 0 Å². The zero-order valence-corrected chi connectivity index (χ0v) is 14.5. The van der Waals surface area contributed by atoms with Gasteiger partial charge in [0.15, 0.2) is 0 Å². The molecule has 0 spiro atoms. The maximum atomic E-state index is 12.9. The van der Waals surface area contributed by atoms with E-state index >= 15 is 0 Å². The van der Waals surface area contributed by atoms with Crippen molar-refractivity contribution >= 4 is 11.0 Å². The van der Waals surface area contributed by atoms with E-state index in [0.29, 0.717) is 18.6 Å². The first-order valence-electron chi connectivity index (χ1n) is 8.48. The lowest BCUT2D eigenvalue weighted by molar-refractivity contribution is 0.556. The maximum absolute atomic E-state index is 12.9. The zero-order valence-electron chi connectivity index (χ0n) is 14.5. The maximum Gasteiger partial charge on any atom is 0.331 e. The highest BCUT2D eigenvalue weighted by Gasteiger charge is 2.18. The van der Waals surface area contributed by atoms with Crippen molar-refractivity contribution in [3.05, 3.63) is 57.2 Å². The molecule has 1 aromatic carbocycles. The Labute approximate surface area is 140 Å². The van der Waals surface area contributed by atoms with Crippen LogP contribution in [0.4, 0.5) is 0 Å². The van der Waals surface area contributed by atoms with Crippen molar-refractivity contribution in [1.29, 1.82) is 0 Å². The van der Waals surface area contributed by atoms with Crippen LogP contribution in [0, 0.1) is 0 Å². The molecular formula is C19H23N3O2. The minimum Gasteiger partial charge on any atom is -0.338 e. The lowest BCUT2D eigenvalue weighted by Crippen LogP contribution is -2.40. The van der Waals surface area contributed by atoms with Crippen LogP contribution in [0.2, 0.25) is 0 Å². The van der Waals surface area contributed by atoms with E-state index in [0.717, 1.165) is 29.6 Å². The predicted molar refractivity (Wildman–Crippen MR) is 97.5 cm³/mol. The Morgan fingerprint density at radius 3 is 2.17 bits per heavy atom. The number of hydrogen-bond donors (Lipinski definition) is 0. The van der Waals surface area contributed by atoms with Gasteiger partial charge in [-0.05, 0) is 24.5 Å². The second-order valence-corrected chi connectivity index (χ2v) is 6.08. The third kappa shape index (κ3) is 2.50. The molecule has 0 bridgehead atoms. The Hall–Kier alpha value is -2.56. The molecule has 0 N–H and O–H groups in total. The van der Waals surface area contributed by atoms with Gasteiger partial charge < -0.3 is 4.57 Å². The van der Waals surface area contributed by atoms with E-state index in [9.17, 15) is 9.59 Å². The van der Waals surface area contributed by atoms with Crippen molar-refractivity contribution in [3.63, 3.8) is 0 Å². The van der Waals surface area contributed by atoms with Gasteiger partial charge in [0.25, 0.3) is 5.56 Å². The van der Waals surface area contributed by atoms with Crippen molar-refractivity contribution in [1.82, 2.24) is 13.7 Å². The van der Waals surface area contributed by atoms with Crippen LogP contribution in [0.15, 0.2) is 46.0 Å². The van der Waals surface area contributed by atoms with Crippen LogP contribution >= 0.6 is 0 Å². The van der Waals surface area contributed by atoms with Crippen LogP contribution in [0.5, 0.6) is 0 Å². The highest BCUT2D eigenvalue weighted by molar-refractivity contribution is 5.83. The molecule has 24 heavy (non-hydrogen) atoms. The minimum atomic E-state index is -0.207. The fourth-order valence-corrected chi connectivity index (χ4v) is 3.26. The summed E-state index contributed by atoms with van der Waals surface area (Å²) < 4.78 is 5.01. The van der Waals surface area contributed by atoms with Crippen molar-refractivity contribution in [3.8, 4) is 11.3 Å². The van der Waals surface area contributed by atoms with E-state index in [2.05, 4.69) is 0 Å². The van der Waals surface area contributed by atoms with E-state index in [-0.39, 0.29) is 11.2 Å². The topological polar surface area (TPSA) is 48.9 Å². The first kappa shape index (κ1) is 16.3. The summed E-state index contributed by atoms with van der Waals surface area (Å²) in [6.45, 7) is 5.07. The second-order valence-electron chi connectivity index (χ2n) is 6.08. The Morgan fingerprint density at radius 1 is 0.917 bits per heavy atom. The van der Waals surface area contributed by atoms with E-state index in [1.54, 1.807) is 4.57 Å². The molecule has 2 heterocycles. The average Bonchev–Trinajstić information content (AvgIpc) is 2.94. The van der Waals surface area contributed by atoms with Gasteiger partial charge in [0.05, 0.1) is 11.2 Å². The van der Waals surface area contributed by atoms with Gasteiger partial charge in [0, 0.05) is 20.1 Å². The number of rotatable bonds is 5. The van der Waals surface area contributed by atoms with Gasteiger partial charge in [-0.3, -0.25) is 13.9 Å². The molecule has 0 saturated carbocycles. The van der Waals surface area contributed by atoms with Crippen LogP contribution in [0.1, 0.15) is 26.7 Å². The Balaban J connectivity index is 2.41. The van der Waals surface area contributed by atoms with Crippen LogP contribution in [-0.4, -0.2) is 13.7 Å². The SMILES string of the molecule is CCCn1c(=O)c2c(cc(-c3ccccc3)n2C)n(CCC)c1=O. The smallest absolute Gasteiger partial charge is 0.331 e. The van der Waals surface area contributed by atoms with Crippen LogP contribution in [0.25, 0.3) is 22.3 Å². The third-order valence-corrected chi connectivity index (χ3v) is 4.38. The largest absolute Gasteiger partial charge is 0.338 e. The molecule has 0 fully saturated rings. The molecule has 0 aliphatic carbocycles. The molecule has 0 saturated heterocycles. The number of nitrogens with zero attached hydrogens (tertiary/aromatic N) is 3.